The topological polar surface area (TPSA) is 79.2 Å². The van der Waals surface area contributed by atoms with Crippen LogP contribution in [0.25, 0.3) is 0 Å². The molecule has 1 heterocycles. The van der Waals surface area contributed by atoms with Gasteiger partial charge in [0.15, 0.2) is 0 Å². The molecule has 20 heavy (non-hydrogen) atoms. The van der Waals surface area contributed by atoms with E-state index in [0.717, 1.165) is 25.7 Å². The molecule has 1 saturated carbocycles. The fourth-order valence-electron chi connectivity index (χ4n) is 2.39. The maximum atomic E-state index is 11.8. The predicted molar refractivity (Wildman–Crippen MR) is 76.3 cm³/mol. The van der Waals surface area contributed by atoms with Crippen LogP contribution in [0.1, 0.15) is 31.7 Å². The second-order valence-electron chi connectivity index (χ2n) is 5.86. The highest BCUT2D eigenvalue weighted by atomic mass is 16.3. The summed E-state index contributed by atoms with van der Waals surface area (Å²) >= 11 is 0. The van der Waals surface area contributed by atoms with Crippen LogP contribution in [0.4, 0.5) is 4.79 Å². The van der Waals surface area contributed by atoms with E-state index in [-0.39, 0.29) is 12.6 Å². The average molecular weight is 280 g/mol. The second-order valence-corrected chi connectivity index (χ2v) is 5.86. The third-order valence-electron chi connectivity index (χ3n) is 3.89. The van der Waals surface area contributed by atoms with Crippen LogP contribution in [0, 0.1) is 5.92 Å². The molecule has 1 aromatic heterocycles. The summed E-state index contributed by atoms with van der Waals surface area (Å²) in [6, 6.07) is -0.195. The molecule has 2 rings (SSSR count). The molecule has 0 aromatic carbocycles. The maximum Gasteiger partial charge on any atom is 0.315 e. The third-order valence-corrected chi connectivity index (χ3v) is 3.89. The SMILES string of the molecule is Cn1cc(CCCNC(=O)NC(C)(CO)C2CC2)cn1. The van der Waals surface area contributed by atoms with Crippen molar-refractivity contribution in [3.05, 3.63) is 18.0 Å². The minimum Gasteiger partial charge on any atom is -0.394 e. The number of hydrogen-bond donors (Lipinski definition) is 3. The summed E-state index contributed by atoms with van der Waals surface area (Å²) in [5.41, 5.74) is 0.695. The van der Waals surface area contributed by atoms with Gasteiger partial charge >= 0.3 is 6.03 Å². The quantitative estimate of drug-likeness (QED) is 0.647. The molecule has 0 radical (unpaired) electrons. The molecule has 1 aromatic rings. The van der Waals surface area contributed by atoms with Crippen LogP contribution in [0.5, 0.6) is 0 Å². The van der Waals surface area contributed by atoms with Crippen molar-refractivity contribution in [2.24, 2.45) is 13.0 Å². The van der Waals surface area contributed by atoms with Gasteiger partial charge in [0.05, 0.1) is 18.3 Å². The van der Waals surface area contributed by atoms with E-state index in [0.29, 0.717) is 12.5 Å². The number of aryl methyl sites for hydroxylation is 2. The van der Waals surface area contributed by atoms with Gasteiger partial charge in [0, 0.05) is 19.8 Å². The monoisotopic (exact) mass is 280 g/mol. The van der Waals surface area contributed by atoms with E-state index in [1.807, 2.05) is 26.4 Å². The molecule has 6 nitrogen and oxygen atoms in total. The molecular weight excluding hydrogens is 256 g/mol. The van der Waals surface area contributed by atoms with Gasteiger partial charge in [-0.15, -0.1) is 0 Å². The van der Waals surface area contributed by atoms with Crippen LogP contribution < -0.4 is 10.6 Å². The molecule has 112 valence electrons. The van der Waals surface area contributed by atoms with Crippen molar-refractivity contribution in [1.29, 1.82) is 0 Å². The zero-order chi connectivity index (χ0) is 14.6. The average Bonchev–Trinajstić information content (AvgIpc) is 3.19. The van der Waals surface area contributed by atoms with Gasteiger partial charge in [-0.05, 0) is 44.1 Å². The first-order valence-corrected chi connectivity index (χ1v) is 7.18. The Hall–Kier alpha value is -1.56. The highest BCUT2D eigenvalue weighted by molar-refractivity contribution is 5.74. The summed E-state index contributed by atoms with van der Waals surface area (Å²) in [4.78, 5) is 11.8. The normalized spacial score (nSPS) is 17.6. The van der Waals surface area contributed by atoms with Gasteiger partial charge in [0.1, 0.15) is 0 Å². The molecule has 0 aliphatic heterocycles. The van der Waals surface area contributed by atoms with Gasteiger partial charge in [0.2, 0.25) is 0 Å². The lowest BCUT2D eigenvalue weighted by Crippen LogP contribution is -2.54. The molecule has 1 unspecified atom stereocenters. The number of rotatable bonds is 7. The largest absolute Gasteiger partial charge is 0.394 e. The second kappa shape index (κ2) is 6.26. The van der Waals surface area contributed by atoms with Gasteiger partial charge in [-0.1, -0.05) is 0 Å². The van der Waals surface area contributed by atoms with E-state index in [2.05, 4.69) is 15.7 Å². The Morgan fingerprint density at radius 2 is 2.35 bits per heavy atom. The van der Waals surface area contributed by atoms with Gasteiger partial charge in [-0.2, -0.15) is 5.10 Å². The summed E-state index contributed by atoms with van der Waals surface area (Å²) < 4.78 is 1.78. The number of urea groups is 1. The van der Waals surface area contributed by atoms with Gasteiger partial charge in [-0.3, -0.25) is 4.68 Å². The molecule has 1 aliphatic rings. The zero-order valence-electron chi connectivity index (χ0n) is 12.2. The molecule has 2 amide bonds. The summed E-state index contributed by atoms with van der Waals surface area (Å²) in [6.07, 6.45) is 7.76. The van der Waals surface area contributed by atoms with Crippen LogP contribution in [0.15, 0.2) is 12.4 Å². The molecule has 0 bridgehead atoms. The fraction of sp³-hybridized carbons (Fsp3) is 0.714. The van der Waals surface area contributed by atoms with Crippen LogP contribution in [0.3, 0.4) is 0 Å². The molecular formula is C14H24N4O2. The summed E-state index contributed by atoms with van der Waals surface area (Å²) in [7, 11) is 1.89. The van der Waals surface area contributed by atoms with Gasteiger partial charge in [-0.25, -0.2) is 4.79 Å². The number of nitrogens with one attached hydrogen (secondary N) is 2. The van der Waals surface area contributed by atoms with Crippen molar-refractivity contribution < 1.29 is 9.90 Å². The molecule has 6 heteroatoms. The minimum atomic E-state index is -0.479. The van der Waals surface area contributed by atoms with E-state index in [4.69, 9.17) is 0 Å². The van der Waals surface area contributed by atoms with Crippen molar-refractivity contribution in [2.75, 3.05) is 13.2 Å². The van der Waals surface area contributed by atoms with E-state index in [9.17, 15) is 9.90 Å². The molecule has 3 N–H and O–H groups in total. The Morgan fingerprint density at radius 3 is 2.90 bits per heavy atom. The molecule has 1 fully saturated rings. The Labute approximate surface area is 119 Å². The van der Waals surface area contributed by atoms with E-state index in [1.165, 1.54) is 5.56 Å². The molecule has 0 saturated heterocycles. The van der Waals surface area contributed by atoms with Crippen molar-refractivity contribution in [1.82, 2.24) is 20.4 Å². The number of amides is 2. The lowest BCUT2D eigenvalue weighted by atomic mass is 9.97. The van der Waals surface area contributed by atoms with Gasteiger partial charge in [0.25, 0.3) is 0 Å². The first-order chi connectivity index (χ1) is 9.53. The number of aliphatic hydroxyl groups excluding tert-OH is 1. The number of hydrogen-bond acceptors (Lipinski definition) is 3. The van der Waals surface area contributed by atoms with Gasteiger partial charge < -0.3 is 15.7 Å². The number of carbonyl (C=O) groups excluding carboxylic acids is 1. The summed E-state index contributed by atoms with van der Waals surface area (Å²) in [5.74, 6) is 0.411. The van der Waals surface area contributed by atoms with Crippen LogP contribution >= 0.6 is 0 Å². The standard InChI is InChI=1S/C14H24N4O2/c1-14(10-19,12-5-6-12)17-13(20)15-7-3-4-11-8-16-18(2)9-11/h8-9,12,19H,3-7,10H2,1-2H3,(H2,15,17,20). The van der Waals surface area contributed by atoms with Crippen LogP contribution in [-0.2, 0) is 13.5 Å². The number of nitrogens with zero attached hydrogens (tertiary/aromatic N) is 2. The van der Waals surface area contributed by atoms with E-state index in [1.54, 1.807) is 4.68 Å². The summed E-state index contributed by atoms with van der Waals surface area (Å²) in [6.45, 7) is 2.51. The Kier molecular flexibility index (Phi) is 4.65. The number of carbonyl (C=O) groups is 1. The van der Waals surface area contributed by atoms with Crippen molar-refractivity contribution in [3.8, 4) is 0 Å². The zero-order valence-corrected chi connectivity index (χ0v) is 12.2. The predicted octanol–water partition coefficient (Wildman–Crippen LogP) is 0.813. The van der Waals surface area contributed by atoms with Crippen molar-refractivity contribution in [3.63, 3.8) is 0 Å². The maximum absolute atomic E-state index is 11.8. The third kappa shape index (κ3) is 3.96. The highest BCUT2D eigenvalue weighted by Gasteiger charge is 2.42. The fourth-order valence-corrected chi connectivity index (χ4v) is 2.39. The molecule has 1 atom stereocenters. The summed E-state index contributed by atoms with van der Waals surface area (Å²) in [5, 5.41) is 19.3. The van der Waals surface area contributed by atoms with Crippen LogP contribution in [-0.4, -0.2) is 39.6 Å². The molecule has 1 aliphatic carbocycles. The number of aromatic nitrogens is 2. The smallest absolute Gasteiger partial charge is 0.315 e. The first-order valence-electron chi connectivity index (χ1n) is 7.18. The Bertz CT molecular complexity index is 456. The lowest BCUT2D eigenvalue weighted by molar-refractivity contribution is 0.155. The Balaban J connectivity index is 1.65. The molecule has 0 spiro atoms. The Morgan fingerprint density at radius 1 is 1.60 bits per heavy atom. The minimum absolute atomic E-state index is 0.0131. The van der Waals surface area contributed by atoms with Crippen molar-refractivity contribution in [2.45, 2.75) is 38.1 Å². The highest BCUT2D eigenvalue weighted by Crippen LogP contribution is 2.39. The first kappa shape index (κ1) is 14.8. The van der Waals surface area contributed by atoms with E-state index < -0.39 is 5.54 Å². The van der Waals surface area contributed by atoms with Crippen LogP contribution in [0.2, 0.25) is 0 Å². The lowest BCUT2D eigenvalue weighted by Gasteiger charge is -2.28. The van der Waals surface area contributed by atoms with E-state index >= 15 is 0 Å². The van der Waals surface area contributed by atoms with Crippen molar-refractivity contribution >= 4 is 6.03 Å². The number of aliphatic hydroxyl groups is 1.